The number of aliphatic carboxylic acids is 1. The molecular weight excluding hydrogens is 2000 g/mol. The summed E-state index contributed by atoms with van der Waals surface area (Å²) in [6.07, 6.45) is 27.3. The minimum Gasteiger partial charge on any atom is -1.00 e. The summed E-state index contributed by atoms with van der Waals surface area (Å²) >= 11 is 39.8. The van der Waals surface area contributed by atoms with Crippen LogP contribution in [0.5, 0.6) is 46.0 Å². The zero-order valence-electron chi connectivity index (χ0n) is 79.0. The normalized spacial score (nSPS) is 16.9. The number of hydrogen-bond donors (Lipinski definition) is 8. The number of halogens is 7. The third-order valence-electron chi connectivity index (χ3n) is 18.0. The quantitative estimate of drug-likeness (QED) is 0.00431. The van der Waals surface area contributed by atoms with E-state index in [1.165, 1.54) is 24.6 Å². The number of carboxylic acid groups (broad SMARTS) is 1. The number of benzene rings is 8. The molecule has 15 rings (SSSR count). The van der Waals surface area contributed by atoms with Gasteiger partial charge in [-0.1, -0.05) is 80.5 Å². The minimum atomic E-state index is -1.08. The first-order chi connectivity index (χ1) is 66.7. The van der Waals surface area contributed by atoms with Gasteiger partial charge in [0.25, 0.3) is 0 Å². The summed E-state index contributed by atoms with van der Waals surface area (Å²) in [6, 6.07) is 61.2. The molecule has 6 saturated heterocycles. The van der Waals surface area contributed by atoms with Crippen LogP contribution in [0.1, 0.15) is 187 Å². The molecule has 6 unspecified atom stereocenters. The smallest absolute Gasteiger partial charge is 1.00 e. The summed E-state index contributed by atoms with van der Waals surface area (Å²) in [5.74, 6) is 13.0. The monoisotopic (exact) mass is 2120 g/mol. The van der Waals surface area contributed by atoms with Gasteiger partial charge in [0.05, 0.1) is 87.6 Å². The summed E-state index contributed by atoms with van der Waals surface area (Å²) in [5, 5.41) is 75.0. The first kappa shape index (κ1) is 132. The molecule has 0 saturated carbocycles. The number of nitrogens with two attached hydrogens (primary N) is 1. The van der Waals surface area contributed by atoms with Crippen molar-refractivity contribution in [3.05, 3.63) is 245 Å². The van der Waals surface area contributed by atoms with Crippen LogP contribution in [-0.4, -0.2) is 185 Å². The Morgan fingerprint density at radius 3 is 0.993 bits per heavy atom. The summed E-state index contributed by atoms with van der Waals surface area (Å²) in [6.45, 7) is 8.20. The molecule has 0 radical (unpaired) electrons. The average molecular weight is 2130 g/mol. The Bertz CT molecular complexity index is 4550. The number of aliphatic hydroxyl groups is 1. The zero-order chi connectivity index (χ0) is 99.9. The molecular formula is C99H125Cl7N6Na2O25S. The minimum absolute atomic E-state index is 0. The van der Waals surface area contributed by atoms with Crippen LogP contribution in [0.3, 0.4) is 0 Å². The second kappa shape index (κ2) is 87.2. The van der Waals surface area contributed by atoms with Gasteiger partial charge >= 0.3 is 59.1 Å². The number of carbonyl (C=O) groups excluding carboxylic acids is 3. The van der Waals surface area contributed by atoms with E-state index in [0.717, 1.165) is 243 Å². The molecule has 758 valence electrons. The van der Waals surface area contributed by atoms with E-state index in [2.05, 4.69) is 72.9 Å². The molecule has 0 spiro atoms. The molecule has 7 heterocycles. The summed E-state index contributed by atoms with van der Waals surface area (Å²) in [7, 11) is 0. The topological polar surface area (TPSA) is 426 Å². The van der Waals surface area contributed by atoms with Crippen LogP contribution < -0.4 is 103 Å². The zero-order valence-corrected chi connectivity index (χ0v) is 88.2. The van der Waals surface area contributed by atoms with Crippen molar-refractivity contribution in [2.75, 3.05) is 69.8 Å². The average Bonchev–Trinajstić information content (AvgIpc) is 1.74. The number of ether oxygens (including phenoxy) is 13. The number of aliphatic hydroxyl groups excluding tert-OH is 1. The van der Waals surface area contributed by atoms with Crippen LogP contribution in [-0.2, 0) is 43.5 Å². The van der Waals surface area contributed by atoms with Crippen LogP contribution in [0, 0.1) is 12.3 Å². The van der Waals surface area contributed by atoms with Gasteiger partial charge in [-0.2, -0.15) is 22.9 Å². The SMILES string of the molecule is C.C#CCCl.CC(=O)[O-].CCO.ClCCl.ClCc1cc(-c2ccc(OC3CCCCO3)cc2)no1.NOCl.O/N=C(\Cl)c1ccc(OC2CCCCO2)cc1.O/N=C(\Cl)c1ccc(OC2CCCCO2)cc1.O/N=C/c1ccc(OC2CCCCO2)cc1.O/N=C\c1ccc(OC2CCCCO2)cc1.O=Cc1ccc(O)cc1.O=Cc1ccc(OC2CCCCO2)cc1.SCCOc1ccccc1.[H-].[Na+].[Na+]. The van der Waals surface area contributed by atoms with E-state index in [0.29, 0.717) is 46.4 Å². The van der Waals surface area contributed by atoms with Crippen molar-refractivity contribution in [2.24, 2.45) is 26.5 Å². The third-order valence-corrected chi connectivity index (χ3v) is 19.2. The van der Waals surface area contributed by atoms with Crippen molar-refractivity contribution in [3.8, 4) is 69.6 Å². The largest absolute Gasteiger partial charge is 1.00 e. The molecule has 6 fully saturated rings. The number of nitrogens with zero attached hydrogens (tertiary/aromatic N) is 5. The second-order valence-corrected chi connectivity index (χ2v) is 31.1. The molecule has 140 heavy (non-hydrogen) atoms. The van der Waals surface area contributed by atoms with E-state index in [4.69, 9.17) is 177 Å². The number of phenolic OH excluding ortho intramolecular Hbond substituents is 1. The van der Waals surface area contributed by atoms with Crippen LogP contribution in [0.25, 0.3) is 11.3 Å². The Hall–Kier alpha value is -8.36. The first-order valence-electron chi connectivity index (χ1n) is 43.5. The molecule has 6 aliphatic heterocycles. The van der Waals surface area contributed by atoms with Gasteiger partial charge in [-0.3, -0.25) is 9.59 Å². The van der Waals surface area contributed by atoms with Gasteiger partial charge in [0.1, 0.15) is 64.3 Å². The summed E-state index contributed by atoms with van der Waals surface area (Å²) in [5.41, 5.74) is 5.94. The molecule has 0 amide bonds. The number of aromatic hydroxyl groups is 1. The fourth-order valence-electron chi connectivity index (χ4n) is 11.7. The summed E-state index contributed by atoms with van der Waals surface area (Å²) in [4.78, 5) is 29.4. The number of carboxylic acids is 1. The number of terminal acetylenes is 1. The van der Waals surface area contributed by atoms with Crippen molar-refractivity contribution < 1.29 is 182 Å². The first-order valence-corrected chi connectivity index (χ1v) is 47.4. The number of hydrogen-bond acceptors (Lipinski definition) is 32. The van der Waals surface area contributed by atoms with Crippen LogP contribution >= 0.6 is 94.1 Å². The molecule has 6 aliphatic rings. The fourth-order valence-corrected chi connectivity index (χ4v) is 12.1. The van der Waals surface area contributed by atoms with Gasteiger partial charge in [-0.15, -0.1) is 52.8 Å². The number of thiol groups is 1. The summed E-state index contributed by atoms with van der Waals surface area (Å²) < 4.78 is 80.5. The van der Waals surface area contributed by atoms with E-state index in [9.17, 15) is 9.59 Å². The number of oxime groups is 4. The standard InChI is InChI=1S/C15H16ClNO3.2C12H14ClNO3.2C12H15NO3.C12H14O3.C8H10OS.C7H6O2.C3H3Cl.C2H4O2.C2H6O.CH2Cl2.CH4.ClH2NO.2Na.H/c16-10-13-9-14(17-20-13)11-4-6-12(7-5-11)19-15-3-1-2-8-18-15;2*13-12(14-15)9-4-6-10(7-5-9)17-11-3-1-2-8-16-11;2*14-13-9-10-4-6-11(7-5-10)16-12-3-1-2-8-15-12;13-9-10-4-6-11(7-5-10)15-12-3-1-2-8-14-12;10-7-6-9-8-4-2-1-3-5-8;8-5-6-1-3-7(9)4-2-6;1-2-3-4;1-2(3)4;1-2-3;2-1-3;;1-3-2;;;/h4-7,9,15H,1-3,8,10H2;2*4-7,11,15H,1-3,8H2;2*4-7,9,12,14H,1-3,8H2;4-7,9,12H,1-3,8H2;1-5,10H,6-7H2;1-5,9H;1H,3H2;1H3,(H,3,4);3H,2H2,1H3;1H2;1H4;2H2;;;/q;;;;;;;;;;;;;;2*+1;-1/p-1/b;2*14-12-;13-9+;13-9-;;;;;;;;;;;;. The molecule has 8 N–H and O–H groups in total. The Morgan fingerprint density at radius 1 is 0.500 bits per heavy atom. The molecule has 0 aliphatic carbocycles. The number of para-hydroxylation sites is 1. The predicted molar refractivity (Wildman–Crippen MR) is 539 cm³/mol. The molecule has 8 aromatic carbocycles. The van der Waals surface area contributed by atoms with E-state index < -0.39 is 5.97 Å². The van der Waals surface area contributed by atoms with Gasteiger partial charge in [-0.05, 0) is 284 Å². The number of aromatic nitrogens is 1. The van der Waals surface area contributed by atoms with Crippen molar-refractivity contribution in [3.63, 3.8) is 0 Å². The van der Waals surface area contributed by atoms with Crippen molar-refractivity contribution in [1.29, 1.82) is 0 Å². The maximum absolute atomic E-state index is 10.4. The van der Waals surface area contributed by atoms with E-state index in [1.54, 1.807) is 91.9 Å². The van der Waals surface area contributed by atoms with Gasteiger partial charge in [0.2, 0.25) is 0 Å². The molecule has 9 aromatic rings. The van der Waals surface area contributed by atoms with Crippen molar-refractivity contribution >= 4 is 135 Å². The number of aldehydes is 2. The number of carbonyl (C=O) groups is 3. The third kappa shape index (κ3) is 63.6. The number of phenols is 1. The Labute approximate surface area is 905 Å². The Morgan fingerprint density at radius 2 is 0.764 bits per heavy atom. The van der Waals surface area contributed by atoms with Crippen LogP contribution in [0.15, 0.2) is 231 Å². The molecule has 0 bridgehead atoms. The van der Waals surface area contributed by atoms with Crippen LogP contribution in [0.2, 0.25) is 0 Å². The number of rotatable bonds is 23. The maximum Gasteiger partial charge on any atom is 1.00 e. The predicted octanol–water partition coefficient (Wildman–Crippen LogP) is 16.1. The molecule has 6 atom stereocenters. The second-order valence-electron chi connectivity index (χ2n) is 28.4. The van der Waals surface area contributed by atoms with E-state index >= 15 is 0 Å². The maximum atomic E-state index is 10.4. The fraction of sp³-hybridized carbons (Fsp3) is 0.394. The van der Waals surface area contributed by atoms with Crippen LogP contribution in [0.4, 0.5) is 0 Å². The van der Waals surface area contributed by atoms with Crippen molar-refractivity contribution in [1.82, 2.24) is 5.16 Å². The van der Waals surface area contributed by atoms with Gasteiger partial charge in [0, 0.05) is 90.7 Å². The molecule has 1 aromatic heterocycles. The molecule has 31 nitrogen and oxygen atoms in total. The molecule has 41 heteroatoms. The van der Waals surface area contributed by atoms with E-state index in [1.807, 2.05) is 109 Å². The van der Waals surface area contributed by atoms with Gasteiger partial charge in [0.15, 0.2) is 53.8 Å². The van der Waals surface area contributed by atoms with Gasteiger partial charge < -0.3 is 108 Å². The van der Waals surface area contributed by atoms with Gasteiger partial charge in [-0.25, -0.2) is 0 Å². The number of alkyl halides is 4. The van der Waals surface area contributed by atoms with Crippen molar-refractivity contribution in [2.45, 2.75) is 180 Å². The van der Waals surface area contributed by atoms with E-state index in [-0.39, 0.29) is 134 Å². The Balaban J connectivity index is 0. The Kier molecular flexibility index (Phi) is 82.0.